The average molecular weight is 509 g/mol. The maximum Gasteiger partial charge on any atom is 0.266 e. The minimum Gasteiger partial charge on any atom is -0.508 e. The first-order chi connectivity index (χ1) is 15.4. The standard InChI is InChI=1S/C24H15BrClN3O3/c25-21-10-15(9-18(13-28)24(31)29-19-5-7-20(30)8-6-19)11-22(26)23(21)32-14-17-4-2-1-3-16(17)12-27/h1-11,30H,14H2,(H,29,31)/b18-9-. The van der Waals surface area contributed by atoms with Gasteiger partial charge in [-0.3, -0.25) is 4.79 Å². The number of carbonyl (C=O) groups is 1. The van der Waals surface area contributed by atoms with Crippen LogP contribution in [0.5, 0.6) is 11.5 Å². The van der Waals surface area contributed by atoms with Gasteiger partial charge in [0.1, 0.15) is 24.0 Å². The van der Waals surface area contributed by atoms with E-state index in [1.165, 1.54) is 30.3 Å². The summed E-state index contributed by atoms with van der Waals surface area (Å²) in [5, 5.41) is 30.8. The molecule has 3 aromatic carbocycles. The number of amides is 1. The summed E-state index contributed by atoms with van der Waals surface area (Å²) in [6, 6.07) is 20.2. The molecule has 3 rings (SSSR count). The minimum atomic E-state index is -0.598. The topological polar surface area (TPSA) is 106 Å². The van der Waals surface area contributed by atoms with Gasteiger partial charge in [0.15, 0.2) is 5.75 Å². The fraction of sp³-hybridized carbons (Fsp3) is 0.0417. The predicted octanol–water partition coefficient (Wildman–Crippen LogP) is 5.80. The number of benzene rings is 3. The molecule has 0 fully saturated rings. The van der Waals surface area contributed by atoms with Gasteiger partial charge in [-0.25, -0.2) is 0 Å². The van der Waals surface area contributed by atoms with Crippen LogP contribution in [-0.2, 0) is 11.4 Å². The van der Waals surface area contributed by atoms with E-state index in [1.807, 2.05) is 12.1 Å². The maximum absolute atomic E-state index is 12.4. The van der Waals surface area contributed by atoms with Crippen LogP contribution in [0.3, 0.4) is 0 Å². The number of halogens is 2. The van der Waals surface area contributed by atoms with Crippen LogP contribution in [-0.4, -0.2) is 11.0 Å². The zero-order valence-corrected chi connectivity index (χ0v) is 18.8. The van der Waals surface area contributed by atoms with Gasteiger partial charge in [-0.1, -0.05) is 29.8 Å². The van der Waals surface area contributed by atoms with E-state index in [0.29, 0.717) is 27.0 Å². The van der Waals surface area contributed by atoms with Crippen molar-refractivity contribution in [2.75, 3.05) is 5.32 Å². The molecule has 158 valence electrons. The summed E-state index contributed by atoms with van der Waals surface area (Å²) in [5.41, 5.74) is 2.06. The Kier molecular flexibility index (Phi) is 7.51. The van der Waals surface area contributed by atoms with E-state index < -0.39 is 5.91 Å². The first kappa shape index (κ1) is 22.9. The molecule has 0 unspecified atom stereocenters. The summed E-state index contributed by atoms with van der Waals surface area (Å²) < 4.78 is 6.33. The van der Waals surface area contributed by atoms with Gasteiger partial charge in [0, 0.05) is 11.3 Å². The molecule has 0 aliphatic heterocycles. The van der Waals surface area contributed by atoms with Gasteiger partial charge in [-0.05, 0) is 70.0 Å². The van der Waals surface area contributed by atoms with Crippen LogP contribution in [0.25, 0.3) is 6.08 Å². The van der Waals surface area contributed by atoms with Crippen molar-refractivity contribution in [3.8, 4) is 23.6 Å². The van der Waals surface area contributed by atoms with Crippen molar-refractivity contribution in [3.63, 3.8) is 0 Å². The zero-order chi connectivity index (χ0) is 23.1. The zero-order valence-electron chi connectivity index (χ0n) is 16.5. The van der Waals surface area contributed by atoms with Crippen molar-refractivity contribution in [2.45, 2.75) is 6.61 Å². The molecule has 32 heavy (non-hydrogen) atoms. The van der Waals surface area contributed by atoms with Gasteiger partial charge in [-0.15, -0.1) is 0 Å². The lowest BCUT2D eigenvalue weighted by Crippen LogP contribution is -2.13. The molecule has 6 nitrogen and oxygen atoms in total. The minimum absolute atomic E-state index is 0.0666. The normalized spacial score (nSPS) is 10.7. The number of hydrogen-bond donors (Lipinski definition) is 2. The second kappa shape index (κ2) is 10.5. The second-order valence-corrected chi connectivity index (χ2v) is 7.80. The van der Waals surface area contributed by atoms with Crippen molar-refractivity contribution in [3.05, 3.63) is 92.4 Å². The van der Waals surface area contributed by atoms with Crippen molar-refractivity contribution in [1.82, 2.24) is 0 Å². The summed E-state index contributed by atoms with van der Waals surface area (Å²) in [5.74, 6) is -0.153. The molecule has 8 heteroatoms. The second-order valence-electron chi connectivity index (χ2n) is 6.54. The highest BCUT2D eigenvalue weighted by Gasteiger charge is 2.13. The van der Waals surface area contributed by atoms with Gasteiger partial charge < -0.3 is 15.2 Å². The van der Waals surface area contributed by atoms with Gasteiger partial charge >= 0.3 is 0 Å². The largest absolute Gasteiger partial charge is 0.508 e. The van der Waals surface area contributed by atoms with Crippen LogP contribution >= 0.6 is 27.5 Å². The van der Waals surface area contributed by atoms with E-state index in [0.717, 1.165) is 5.56 Å². The Bertz CT molecular complexity index is 1250. The molecule has 0 heterocycles. The lowest BCUT2D eigenvalue weighted by Gasteiger charge is -2.12. The van der Waals surface area contributed by atoms with Crippen LogP contribution in [0.2, 0.25) is 5.02 Å². The molecular weight excluding hydrogens is 494 g/mol. The van der Waals surface area contributed by atoms with Gasteiger partial charge in [-0.2, -0.15) is 10.5 Å². The summed E-state index contributed by atoms with van der Waals surface area (Å²) in [6.07, 6.45) is 1.40. The number of nitrogens with zero attached hydrogens (tertiary/aromatic N) is 2. The van der Waals surface area contributed by atoms with Crippen LogP contribution in [0.15, 0.2) is 70.7 Å². The highest BCUT2D eigenvalue weighted by molar-refractivity contribution is 9.10. The molecular formula is C24H15BrClN3O3. The molecule has 1 amide bonds. The summed E-state index contributed by atoms with van der Waals surface area (Å²) >= 11 is 9.77. The van der Waals surface area contributed by atoms with E-state index >= 15 is 0 Å². The van der Waals surface area contributed by atoms with Gasteiger partial charge in [0.25, 0.3) is 5.91 Å². The Hall–Kier alpha value is -3.78. The molecule has 0 aromatic heterocycles. The fourth-order valence-corrected chi connectivity index (χ4v) is 3.75. The Morgan fingerprint density at radius 2 is 1.88 bits per heavy atom. The molecule has 0 saturated carbocycles. The third-order valence-corrected chi connectivity index (χ3v) is 5.20. The number of phenolic OH excluding ortho intramolecular Hbond substituents is 1. The quantitative estimate of drug-likeness (QED) is 0.248. The van der Waals surface area contributed by atoms with Crippen molar-refractivity contribution in [2.24, 2.45) is 0 Å². The molecule has 0 aliphatic rings. The van der Waals surface area contributed by atoms with Gasteiger partial charge in [0.05, 0.1) is 21.1 Å². The van der Waals surface area contributed by atoms with Gasteiger partial charge in [0.2, 0.25) is 0 Å². The van der Waals surface area contributed by atoms with Crippen molar-refractivity contribution < 1.29 is 14.6 Å². The van der Waals surface area contributed by atoms with Crippen LogP contribution < -0.4 is 10.1 Å². The molecule has 0 aliphatic carbocycles. The predicted molar refractivity (Wildman–Crippen MR) is 125 cm³/mol. The van der Waals surface area contributed by atoms with E-state index in [2.05, 4.69) is 27.3 Å². The molecule has 0 bridgehead atoms. The Morgan fingerprint density at radius 3 is 2.53 bits per heavy atom. The lowest BCUT2D eigenvalue weighted by molar-refractivity contribution is -0.112. The van der Waals surface area contributed by atoms with E-state index in [1.54, 1.807) is 30.3 Å². The number of hydrogen-bond acceptors (Lipinski definition) is 5. The van der Waals surface area contributed by atoms with Crippen LogP contribution in [0, 0.1) is 22.7 Å². The number of ether oxygens (including phenoxy) is 1. The lowest BCUT2D eigenvalue weighted by atomic mass is 10.1. The van der Waals surface area contributed by atoms with E-state index in [9.17, 15) is 20.4 Å². The summed E-state index contributed by atoms with van der Waals surface area (Å²) in [6.45, 7) is 0.149. The number of phenols is 1. The van der Waals surface area contributed by atoms with Crippen molar-refractivity contribution >= 4 is 45.2 Å². The highest BCUT2D eigenvalue weighted by atomic mass is 79.9. The van der Waals surface area contributed by atoms with E-state index in [4.69, 9.17) is 16.3 Å². The summed E-state index contributed by atoms with van der Waals surface area (Å²) in [4.78, 5) is 12.4. The van der Waals surface area contributed by atoms with Crippen LogP contribution in [0.1, 0.15) is 16.7 Å². The number of rotatable bonds is 6. The molecule has 3 aromatic rings. The third-order valence-electron chi connectivity index (χ3n) is 4.33. The molecule has 0 saturated heterocycles. The number of anilines is 1. The maximum atomic E-state index is 12.4. The number of carbonyl (C=O) groups excluding carboxylic acids is 1. The first-order valence-electron chi connectivity index (χ1n) is 9.23. The molecule has 0 radical (unpaired) electrons. The SMILES string of the molecule is N#C/C(=C/c1cc(Cl)c(OCc2ccccc2C#N)c(Br)c1)C(=O)Nc1ccc(O)cc1. The fourth-order valence-electron chi connectivity index (χ4n) is 2.76. The first-order valence-corrected chi connectivity index (χ1v) is 10.4. The Labute approximate surface area is 198 Å². The Balaban J connectivity index is 1.78. The smallest absolute Gasteiger partial charge is 0.266 e. The van der Waals surface area contributed by atoms with Crippen molar-refractivity contribution in [1.29, 1.82) is 10.5 Å². The monoisotopic (exact) mass is 507 g/mol. The number of nitrogens with one attached hydrogen (secondary N) is 1. The molecule has 0 spiro atoms. The molecule has 0 atom stereocenters. The van der Waals surface area contributed by atoms with E-state index in [-0.39, 0.29) is 23.0 Å². The number of nitriles is 2. The number of aromatic hydroxyl groups is 1. The summed E-state index contributed by atoms with van der Waals surface area (Å²) in [7, 11) is 0. The highest BCUT2D eigenvalue weighted by Crippen LogP contribution is 2.36. The van der Waals surface area contributed by atoms with Crippen LogP contribution in [0.4, 0.5) is 5.69 Å². The third kappa shape index (κ3) is 5.67. The Morgan fingerprint density at radius 1 is 1.16 bits per heavy atom. The molecule has 2 N–H and O–H groups in total. The average Bonchev–Trinajstić information content (AvgIpc) is 2.78.